The SMILES string of the molecule is CCOc1ccc([C@@H]2SCC(=O)N2c2nccs2)cc1. The van der Waals surface area contributed by atoms with Gasteiger partial charge in [-0.1, -0.05) is 12.1 Å². The molecule has 0 radical (unpaired) electrons. The summed E-state index contributed by atoms with van der Waals surface area (Å²) in [6.45, 7) is 2.62. The van der Waals surface area contributed by atoms with Gasteiger partial charge in [0.15, 0.2) is 5.13 Å². The summed E-state index contributed by atoms with van der Waals surface area (Å²) in [5, 5.41) is 2.66. The van der Waals surface area contributed by atoms with Gasteiger partial charge >= 0.3 is 0 Å². The Morgan fingerprint density at radius 1 is 1.40 bits per heavy atom. The molecule has 104 valence electrons. The van der Waals surface area contributed by atoms with Crippen molar-refractivity contribution < 1.29 is 9.53 Å². The number of thiazole rings is 1. The Labute approximate surface area is 125 Å². The Morgan fingerprint density at radius 3 is 2.85 bits per heavy atom. The smallest absolute Gasteiger partial charge is 0.240 e. The molecule has 0 unspecified atom stereocenters. The molecular formula is C14H14N2O2S2. The lowest BCUT2D eigenvalue weighted by atomic mass is 10.2. The van der Waals surface area contributed by atoms with Crippen LogP contribution in [0.5, 0.6) is 5.75 Å². The number of ether oxygens (including phenoxy) is 1. The highest BCUT2D eigenvalue weighted by molar-refractivity contribution is 8.00. The molecule has 0 aliphatic carbocycles. The molecule has 3 rings (SSSR count). The third-order valence-corrected chi connectivity index (χ3v) is 4.95. The van der Waals surface area contributed by atoms with Gasteiger partial charge < -0.3 is 4.74 Å². The second-order valence-corrected chi connectivity index (χ2v) is 6.19. The van der Waals surface area contributed by atoms with Crippen LogP contribution in [0.1, 0.15) is 17.9 Å². The fraction of sp³-hybridized carbons (Fsp3) is 0.286. The van der Waals surface area contributed by atoms with Crippen molar-refractivity contribution in [3.8, 4) is 5.75 Å². The van der Waals surface area contributed by atoms with Gasteiger partial charge in [0.25, 0.3) is 0 Å². The molecule has 1 atom stereocenters. The Bertz CT molecular complexity index is 584. The molecule has 1 aromatic carbocycles. The van der Waals surface area contributed by atoms with Crippen LogP contribution in [0.3, 0.4) is 0 Å². The van der Waals surface area contributed by atoms with Gasteiger partial charge in [0.1, 0.15) is 11.1 Å². The van der Waals surface area contributed by atoms with Crippen molar-refractivity contribution in [1.82, 2.24) is 4.98 Å². The van der Waals surface area contributed by atoms with Gasteiger partial charge in [-0.05, 0) is 24.6 Å². The second-order valence-electron chi connectivity index (χ2n) is 4.24. The number of rotatable bonds is 4. The van der Waals surface area contributed by atoms with Gasteiger partial charge in [-0.25, -0.2) is 4.98 Å². The highest BCUT2D eigenvalue weighted by Gasteiger charge is 2.35. The van der Waals surface area contributed by atoms with Crippen LogP contribution in [0.2, 0.25) is 0 Å². The lowest BCUT2D eigenvalue weighted by molar-refractivity contribution is -0.115. The zero-order chi connectivity index (χ0) is 13.9. The number of anilines is 1. The lowest BCUT2D eigenvalue weighted by Gasteiger charge is -2.21. The molecule has 0 bridgehead atoms. The van der Waals surface area contributed by atoms with E-state index in [9.17, 15) is 4.79 Å². The maximum Gasteiger partial charge on any atom is 0.240 e. The maximum absolute atomic E-state index is 12.1. The van der Waals surface area contributed by atoms with Gasteiger partial charge in [-0.2, -0.15) is 0 Å². The van der Waals surface area contributed by atoms with E-state index < -0.39 is 0 Å². The minimum absolute atomic E-state index is 0.00401. The second kappa shape index (κ2) is 5.85. The van der Waals surface area contributed by atoms with Crippen LogP contribution in [0.4, 0.5) is 5.13 Å². The quantitative estimate of drug-likeness (QED) is 0.869. The largest absolute Gasteiger partial charge is 0.494 e. The molecule has 1 amide bonds. The van der Waals surface area contributed by atoms with E-state index in [1.165, 1.54) is 11.3 Å². The van der Waals surface area contributed by atoms with Crippen LogP contribution in [0.15, 0.2) is 35.8 Å². The molecule has 2 aromatic rings. The summed E-state index contributed by atoms with van der Waals surface area (Å²) in [5.41, 5.74) is 1.10. The fourth-order valence-electron chi connectivity index (χ4n) is 2.11. The van der Waals surface area contributed by atoms with E-state index in [0.29, 0.717) is 12.4 Å². The van der Waals surface area contributed by atoms with E-state index in [-0.39, 0.29) is 11.3 Å². The van der Waals surface area contributed by atoms with Gasteiger partial charge in [-0.15, -0.1) is 23.1 Å². The molecule has 4 nitrogen and oxygen atoms in total. The summed E-state index contributed by atoms with van der Waals surface area (Å²) in [5.74, 6) is 1.47. The summed E-state index contributed by atoms with van der Waals surface area (Å²) in [4.78, 5) is 18.1. The van der Waals surface area contributed by atoms with Crippen molar-refractivity contribution in [2.24, 2.45) is 0 Å². The van der Waals surface area contributed by atoms with E-state index >= 15 is 0 Å². The molecule has 0 spiro atoms. The number of hydrogen-bond donors (Lipinski definition) is 0. The van der Waals surface area contributed by atoms with Crippen molar-refractivity contribution in [2.45, 2.75) is 12.3 Å². The standard InChI is InChI=1S/C14H14N2O2S2/c1-2-18-11-5-3-10(4-6-11)13-16(12(17)9-20-13)14-15-7-8-19-14/h3-8,13H,2,9H2,1H3/t13-/m0/s1. The van der Waals surface area contributed by atoms with Crippen LogP contribution in [-0.2, 0) is 4.79 Å². The van der Waals surface area contributed by atoms with Crippen LogP contribution >= 0.6 is 23.1 Å². The molecule has 0 saturated carbocycles. The molecule has 1 saturated heterocycles. The Kier molecular flexibility index (Phi) is 3.93. The van der Waals surface area contributed by atoms with Crippen molar-refractivity contribution >= 4 is 34.1 Å². The van der Waals surface area contributed by atoms with Crippen LogP contribution in [0.25, 0.3) is 0 Å². The van der Waals surface area contributed by atoms with Crippen LogP contribution in [0, 0.1) is 0 Å². The summed E-state index contributed by atoms with van der Waals surface area (Å²) >= 11 is 3.12. The molecule has 1 aliphatic heterocycles. The molecule has 2 heterocycles. The van der Waals surface area contributed by atoms with E-state index in [1.54, 1.807) is 22.9 Å². The van der Waals surface area contributed by atoms with E-state index in [0.717, 1.165) is 16.4 Å². The first-order valence-corrected chi connectivity index (χ1v) is 8.28. The predicted molar refractivity (Wildman–Crippen MR) is 82.4 cm³/mol. The zero-order valence-corrected chi connectivity index (χ0v) is 12.6. The topological polar surface area (TPSA) is 42.4 Å². The van der Waals surface area contributed by atoms with Crippen LogP contribution < -0.4 is 9.64 Å². The summed E-state index contributed by atoms with van der Waals surface area (Å²) in [6.07, 6.45) is 1.73. The molecule has 1 fully saturated rings. The third kappa shape index (κ3) is 2.53. The molecule has 0 N–H and O–H groups in total. The summed E-state index contributed by atoms with van der Waals surface area (Å²) in [6, 6.07) is 7.92. The number of benzene rings is 1. The monoisotopic (exact) mass is 306 g/mol. The predicted octanol–water partition coefficient (Wildman–Crippen LogP) is 3.32. The highest BCUT2D eigenvalue weighted by atomic mass is 32.2. The number of carbonyl (C=O) groups is 1. The molecule has 6 heteroatoms. The Balaban J connectivity index is 1.86. The van der Waals surface area contributed by atoms with Gasteiger partial charge in [0, 0.05) is 11.6 Å². The minimum atomic E-state index is 0.00401. The molecular weight excluding hydrogens is 292 g/mol. The highest BCUT2D eigenvalue weighted by Crippen LogP contribution is 2.42. The van der Waals surface area contributed by atoms with Gasteiger partial charge in [0.2, 0.25) is 5.91 Å². The number of aromatic nitrogens is 1. The zero-order valence-electron chi connectivity index (χ0n) is 11.0. The summed E-state index contributed by atoms with van der Waals surface area (Å²) < 4.78 is 5.45. The summed E-state index contributed by atoms with van der Waals surface area (Å²) in [7, 11) is 0. The van der Waals surface area contributed by atoms with Crippen molar-refractivity contribution in [3.63, 3.8) is 0 Å². The Hall–Kier alpha value is -1.53. The van der Waals surface area contributed by atoms with Crippen molar-refractivity contribution in [1.29, 1.82) is 0 Å². The number of amides is 1. The van der Waals surface area contributed by atoms with Crippen molar-refractivity contribution in [2.75, 3.05) is 17.3 Å². The fourth-order valence-corrected chi connectivity index (χ4v) is 4.02. The number of nitrogens with zero attached hydrogens (tertiary/aromatic N) is 2. The average molecular weight is 306 g/mol. The maximum atomic E-state index is 12.1. The number of carbonyl (C=O) groups excluding carboxylic acids is 1. The first-order chi connectivity index (χ1) is 9.79. The van der Waals surface area contributed by atoms with Gasteiger partial charge in [0.05, 0.1) is 12.4 Å². The average Bonchev–Trinajstić information content (AvgIpc) is 3.09. The minimum Gasteiger partial charge on any atom is -0.494 e. The van der Waals surface area contributed by atoms with Crippen LogP contribution in [-0.4, -0.2) is 23.3 Å². The van der Waals surface area contributed by atoms with Crippen molar-refractivity contribution in [3.05, 3.63) is 41.4 Å². The molecule has 1 aliphatic rings. The first kappa shape index (κ1) is 13.5. The Morgan fingerprint density at radius 2 is 2.20 bits per heavy atom. The van der Waals surface area contributed by atoms with E-state index in [1.807, 2.05) is 36.6 Å². The van der Waals surface area contributed by atoms with E-state index in [2.05, 4.69) is 4.98 Å². The molecule has 1 aromatic heterocycles. The number of thioether (sulfide) groups is 1. The normalized spacial score (nSPS) is 18.6. The molecule has 20 heavy (non-hydrogen) atoms. The van der Waals surface area contributed by atoms with E-state index in [4.69, 9.17) is 4.74 Å². The number of hydrogen-bond acceptors (Lipinski definition) is 5. The third-order valence-electron chi connectivity index (χ3n) is 2.97. The lowest BCUT2D eigenvalue weighted by Crippen LogP contribution is -2.27. The first-order valence-electron chi connectivity index (χ1n) is 6.35. The van der Waals surface area contributed by atoms with Gasteiger partial charge in [-0.3, -0.25) is 9.69 Å².